The Morgan fingerprint density at radius 2 is 2.36 bits per heavy atom. The minimum atomic E-state index is 0.138. The molecule has 60 valence electrons. The Morgan fingerprint density at radius 1 is 1.64 bits per heavy atom. The zero-order valence-electron chi connectivity index (χ0n) is 6.66. The number of ether oxygens (including phenoxy) is 1. The second-order valence-electron chi connectivity index (χ2n) is 2.21. The van der Waals surface area contributed by atoms with Gasteiger partial charge in [0.05, 0.1) is 18.5 Å². The van der Waals surface area contributed by atoms with E-state index in [2.05, 4.69) is 4.98 Å². The number of aromatic hydroxyl groups is 1. The first-order chi connectivity index (χ1) is 5.24. The molecule has 1 aromatic heterocycles. The van der Waals surface area contributed by atoms with Gasteiger partial charge in [0, 0.05) is 6.07 Å². The first-order valence-corrected chi connectivity index (χ1v) is 3.52. The number of nitrogens with zero attached hydrogens (tertiary/aromatic N) is 1. The molecule has 0 aliphatic rings. The lowest BCUT2D eigenvalue weighted by Gasteiger charge is -2.05. The zero-order valence-corrected chi connectivity index (χ0v) is 6.66. The average Bonchev–Trinajstić information content (AvgIpc) is 1.98. The summed E-state index contributed by atoms with van der Waals surface area (Å²) in [6.07, 6.45) is 1.40. The lowest BCUT2D eigenvalue weighted by molar-refractivity contribution is 0.333. The molecule has 0 spiro atoms. The SMILES string of the molecule is CCOc1cc(O)cnc1C. The van der Waals surface area contributed by atoms with E-state index in [-0.39, 0.29) is 5.75 Å². The molecule has 0 fully saturated rings. The molecule has 3 nitrogen and oxygen atoms in total. The number of pyridine rings is 1. The Morgan fingerprint density at radius 3 is 3.00 bits per heavy atom. The van der Waals surface area contributed by atoms with Crippen LogP contribution in [0.25, 0.3) is 0 Å². The maximum atomic E-state index is 9.02. The van der Waals surface area contributed by atoms with Crippen molar-refractivity contribution >= 4 is 0 Å². The summed E-state index contributed by atoms with van der Waals surface area (Å²) in [4.78, 5) is 3.92. The Bertz CT molecular complexity index is 248. The van der Waals surface area contributed by atoms with Gasteiger partial charge in [-0.1, -0.05) is 0 Å². The van der Waals surface area contributed by atoms with Crippen LogP contribution in [0.3, 0.4) is 0 Å². The van der Waals surface area contributed by atoms with Gasteiger partial charge in [0.25, 0.3) is 0 Å². The van der Waals surface area contributed by atoms with Crippen molar-refractivity contribution in [2.45, 2.75) is 13.8 Å². The predicted molar refractivity (Wildman–Crippen MR) is 41.8 cm³/mol. The summed E-state index contributed by atoms with van der Waals surface area (Å²) < 4.78 is 5.19. The molecule has 0 bridgehead atoms. The lowest BCUT2D eigenvalue weighted by atomic mass is 10.3. The Kier molecular flexibility index (Phi) is 2.31. The van der Waals surface area contributed by atoms with Crippen molar-refractivity contribution in [1.29, 1.82) is 0 Å². The molecule has 1 rings (SSSR count). The largest absolute Gasteiger partial charge is 0.506 e. The third-order valence-corrected chi connectivity index (χ3v) is 1.33. The molecule has 11 heavy (non-hydrogen) atoms. The van der Waals surface area contributed by atoms with E-state index >= 15 is 0 Å². The van der Waals surface area contributed by atoms with Gasteiger partial charge in [-0.15, -0.1) is 0 Å². The Labute approximate surface area is 65.7 Å². The van der Waals surface area contributed by atoms with Crippen molar-refractivity contribution in [3.8, 4) is 11.5 Å². The van der Waals surface area contributed by atoms with Gasteiger partial charge >= 0.3 is 0 Å². The van der Waals surface area contributed by atoms with Crippen molar-refractivity contribution in [3.05, 3.63) is 18.0 Å². The molecule has 0 aliphatic heterocycles. The maximum Gasteiger partial charge on any atom is 0.144 e. The van der Waals surface area contributed by atoms with Gasteiger partial charge in [0.2, 0.25) is 0 Å². The van der Waals surface area contributed by atoms with E-state index < -0.39 is 0 Å². The van der Waals surface area contributed by atoms with Crippen molar-refractivity contribution in [2.24, 2.45) is 0 Å². The lowest BCUT2D eigenvalue weighted by Crippen LogP contribution is -1.94. The van der Waals surface area contributed by atoms with Crippen LogP contribution < -0.4 is 4.74 Å². The van der Waals surface area contributed by atoms with Gasteiger partial charge in [-0.2, -0.15) is 0 Å². The van der Waals surface area contributed by atoms with Crippen molar-refractivity contribution in [2.75, 3.05) is 6.61 Å². The van der Waals surface area contributed by atoms with E-state index in [0.29, 0.717) is 12.4 Å². The highest BCUT2D eigenvalue weighted by atomic mass is 16.5. The molecule has 0 radical (unpaired) electrons. The van der Waals surface area contributed by atoms with Gasteiger partial charge in [0.15, 0.2) is 0 Å². The average molecular weight is 153 g/mol. The summed E-state index contributed by atoms with van der Waals surface area (Å²) in [6.45, 7) is 4.32. The molecule has 0 saturated heterocycles. The number of rotatable bonds is 2. The fourth-order valence-electron chi connectivity index (χ4n) is 0.804. The summed E-state index contributed by atoms with van der Waals surface area (Å²) in [6, 6.07) is 1.56. The van der Waals surface area contributed by atoms with Crippen LogP contribution in [0.4, 0.5) is 0 Å². The van der Waals surface area contributed by atoms with Gasteiger partial charge in [-0.3, -0.25) is 4.98 Å². The summed E-state index contributed by atoms with van der Waals surface area (Å²) in [7, 11) is 0. The normalized spacial score (nSPS) is 9.64. The van der Waals surface area contributed by atoms with Crippen molar-refractivity contribution in [1.82, 2.24) is 4.98 Å². The monoisotopic (exact) mass is 153 g/mol. The van der Waals surface area contributed by atoms with Crippen LogP contribution >= 0.6 is 0 Å². The highest BCUT2D eigenvalue weighted by molar-refractivity contribution is 5.33. The molecule has 0 aromatic carbocycles. The van der Waals surface area contributed by atoms with Gasteiger partial charge < -0.3 is 9.84 Å². The standard InChI is InChI=1S/C8H11NO2/c1-3-11-8-4-7(10)5-9-6(8)2/h4-5,10H,3H2,1-2H3. The molecule has 0 aliphatic carbocycles. The first-order valence-electron chi connectivity index (χ1n) is 3.52. The Balaban J connectivity index is 2.93. The quantitative estimate of drug-likeness (QED) is 0.700. The minimum Gasteiger partial charge on any atom is -0.506 e. The molecule has 0 unspecified atom stereocenters. The molecule has 0 saturated carbocycles. The topological polar surface area (TPSA) is 42.4 Å². The molecule has 1 N–H and O–H groups in total. The summed E-state index contributed by atoms with van der Waals surface area (Å²) in [5, 5.41) is 9.02. The third-order valence-electron chi connectivity index (χ3n) is 1.33. The van der Waals surface area contributed by atoms with Crippen LogP contribution in [0.2, 0.25) is 0 Å². The molecule has 0 amide bonds. The summed E-state index contributed by atoms with van der Waals surface area (Å²) in [5.41, 5.74) is 0.796. The fourth-order valence-corrected chi connectivity index (χ4v) is 0.804. The van der Waals surface area contributed by atoms with Crippen LogP contribution in [0.5, 0.6) is 11.5 Å². The van der Waals surface area contributed by atoms with Crippen LogP contribution in [0.1, 0.15) is 12.6 Å². The number of aryl methyl sites for hydroxylation is 1. The second kappa shape index (κ2) is 3.23. The highest BCUT2D eigenvalue weighted by Gasteiger charge is 1.99. The summed E-state index contributed by atoms with van der Waals surface area (Å²) in [5.74, 6) is 0.784. The minimum absolute atomic E-state index is 0.138. The predicted octanol–water partition coefficient (Wildman–Crippen LogP) is 1.49. The van der Waals surface area contributed by atoms with Crippen LogP contribution in [0, 0.1) is 6.92 Å². The fraction of sp³-hybridized carbons (Fsp3) is 0.375. The molecule has 1 aromatic rings. The van der Waals surface area contributed by atoms with Gasteiger partial charge in [-0.05, 0) is 13.8 Å². The first kappa shape index (κ1) is 7.85. The molecular weight excluding hydrogens is 142 g/mol. The number of aromatic nitrogens is 1. The van der Waals surface area contributed by atoms with Crippen LogP contribution in [0.15, 0.2) is 12.3 Å². The van der Waals surface area contributed by atoms with E-state index in [1.165, 1.54) is 6.20 Å². The Hall–Kier alpha value is -1.25. The van der Waals surface area contributed by atoms with Gasteiger partial charge in [0.1, 0.15) is 11.5 Å². The maximum absolute atomic E-state index is 9.02. The summed E-state index contributed by atoms with van der Waals surface area (Å²) >= 11 is 0. The molecule has 0 atom stereocenters. The highest BCUT2D eigenvalue weighted by Crippen LogP contribution is 2.20. The van der Waals surface area contributed by atoms with E-state index in [4.69, 9.17) is 9.84 Å². The molecular formula is C8H11NO2. The van der Waals surface area contributed by atoms with E-state index in [9.17, 15) is 0 Å². The zero-order chi connectivity index (χ0) is 8.27. The van der Waals surface area contributed by atoms with E-state index in [1.807, 2.05) is 13.8 Å². The van der Waals surface area contributed by atoms with Gasteiger partial charge in [-0.25, -0.2) is 0 Å². The van der Waals surface area contributed by atoms with Crippen LogP contribution in [-0.4, -0.2) is 16.7 Å². The molecule has 3 heteroatoms. The third kappa shape index (κ3) is 1.83. The number of hydrogen-bond donors (Lipinski definition) is 1. The van der Waals surface area contributed by atoms with Crippen molar-refractivity contribution < 1.29 is 9.84 Å². The van der Waals surface area contributed by atoms with E-state index in [0.717, 1.165) is 5.69 Å². The smallest absolute Gasteiger partial charge is 0.144 e. The van der Waals surface area contributed by atoms with Crippen LogP contribution in [-0.2, 0) is 0 Å². The number of hydrogen-bond acceptors (Lipinski definition) is 3. The van der Waals surface area contributed by atoms with E-state index in [1.54, 1.807) is 6.07 Å². The second-order valence-corrected chi connectivity index (χ2v) is 2.21. The molecule has 1 heterocycles. The van der Waals surface area contributed by atoms with Crippen molar-refractivity contribution in [3.63, 3.8) is 0 Å².